The van der Waals surface area contributed by atoms with E-state index in [2.05, 4.69) is 26.6 Å². The van der Waals surface area contributed by atoms with Gasteiger partial charge < -0.3 is 56.1 Å². The van der Waals surface area contributed by atoms with Crippen LogP contribution in [-0.4, -0.2) is 136 Å². The molecule has 1 fully saturated rings. The average Bonchev–Trinajstić information content (AvgIpc) is 4.17. The number of hydrogen-bond donors (Lipinski definition) is 6. The third-order valence-electron chi connectivity index (χ3n) is 13.8. The molecule has 0 spiro atoms. The summed E-state index contributed by atoms with van der Waals surface area (Å²) in [6.07, 6.45) is 1.94. The number of para-hydroxylation sites is 1. The zero-order chi connectivity index (χ0) is 61.1. The van der Waals surface area contributed by atoms with E-state index in [0.29, 0.717) is 16.3 Å². The molecule has 1 aliphatic heterocycles. The number of urea groups is 1. The Morgan fingerprint density at radius 3 is 1.94 bits per heavy atom. The Kier molecular flexibility index (Phi) is 22.2. The molecule has 7 N–H and O–H groups in total. The molecule has 5 atom stereocenters. The van der Waals surface area contributed by atoms with E-state index in [-0.39, 0.29) is 50.3 Å². The zero-order valence-corrected chi connectivity index (χ0v) is 49.7. The van der Waals surface area contributed by atoms with Gasteiger partial charge in [-0.05, 0) is 87.1 Å². The first-order valence-electron chi connectivity index (χ1n) is 27.1. The van der Waals surface area contributed by atoms with Gasteiger partial charge in [-0.3, -0.25) is 33.7 Å². The number of nitrogens with two attached hydrogens (primary N) is 1. The number of anilines is 1. The lowest BCUT2D eigenvalue weighted by Gasteiger charge is -2.42. The Morgan fingerprint density at radius 2 is 1.38 bits per heavy atom. The normalized spacial score (nSPS) is 15.0. The first-order valence-corrected chi connectivity index (χ1v) is 27.1. The van der Waals surface area contributed by atoms with Crippen molar-refractivity contribution in [3.63, 3.8) is 0 Å². The number of nitrogens with one attached hydrogen (secondary N) is 5. The molecule has 10 amide bonds. The monoisotopic (exact) mass is 1130 g/mol. The van der Waals surface area contributed by atoms with Crippen LogP contribution in [0.3, 0.4) is 0 Å². The van der Waals surface area contributed by atoms with Crippen LogP contribution in [0.5, 0.6) is 0 Å². The van der Waals surface area contributed by atoms with Crippen molar-refractivity contribution < 1.29 is 62.3 Å². The minimum atomic E-state index is -1.30. The van der Waals surface area contributed by atoms with E-state index >= 15 is 4.79 Å². The summed E-state index contributed by atoms with van der Waals surface area (Å²) in [6, 6.07) is 7.89. The van der Waals surface area contributed by atoms with Crippen molar-refractivity contribution in [2.75, 3.05) is 26.0 Å². The van der Waals surface area contributed by atoms with E-state index < -0.39 is 112 Å². The second kappa shape index (κ2) is 27.5. The van der Waals surface area contributed by atoms with Crippen molar-refractivity contribution in [1.29, 1.82) is 0 Å². The van der Waals surface area contributed by atoms with Crippen LogP contribution in [0.25, 0.3) is 10.9 Å². The Bertz CT molecular complexity index is 2830. The Hall–Kier alpha value is -7.98. The van der Waals surface area contributed by atoms with Crippen LogP contribution < -0.4 is 32.3 Å². The number of likely N-dealkylation sites (N-methyl/N-ethyl adjacent to an activating group) is 2. The number of nitrogens with zero attached hydrogens (tertiary/aromatic N) is 4. The Balaban J connectivity index is 1.59. The smallest absolute Gasteiger partial charge is 0.410 e. The number of alkyl carbamates (subject to hydrolysis) is 1. The van der Waals surface area contributed by atoms with Gasteiger partial charge in [0.05, 0.1) is 6.04 Å². The van der Waals surface area contributed by atoms with Crippen LogP contribution in [0.1, 0.15) is 127 Å². The highest BCUT2D eigenvalue weighted by Crippen LogP contribution is 2.37. The van der Waals surface area contributed by atoms with Crippen molar-refractivity contribution in [2.24, 2.45) is 30.0 Å². The van der Waals surface area contributed by atoms with Crippen LogP contribution in [-0.2, 0) is 66.9 Å². The molecule has 81 heavy (non-hydrogen) atoms. The number of carbonyl (C=O) groups is 10. The van der Waals surface area contributed by atoms with E-state index in [4.69, 9.17) is 20.0 Å². The summed E-state index contributed by atoms with van der Waals surface area (Å²) < 4.78 is 13.1. The second-order valence-corrected chi connectivity index (χ2v) is 23.8. The molecule has 3 aromatic rings. The molecule has 4 rings (SSSR count). The van der Waals surface area contributed by atoms with Crippen LogP contribution in [0.2, 0.25) is 0 Å². The summed E-state index contributed by atoms with van der Waals surface area (Å²) in [5.41, 5.74) is 4.84. The predicted molar refractivity (Wildman–Crippen MR) is 303 cm³/mol. The average molecular weight is 1130 g/mol. The van der Waals surface area contributed by atoms with Gasteiger partial charge in [-0.1, -0.05) is 98.7 Å². The molecular weight excluding hydrogens is 1040 g/mol. The molecule has 0 aliphatic carbocycles. The number of hydroxylamine groups is 2. The van der Waals surface area contributed by atoms with E-state index in [9.17, 15) is 43.2 Å². The third kappa shape index (κ3) is 17.8. The number of fused-ring (bicyclic) bond motifs is 1. The van der Waals surface area contributed by atoms with Crippen molar-refractivity contribution >= 4 is 76.2 Å². The standard InChI is InChI=1S/C58H84N10O13/c1-33(2)42(30-35(5)52(75)81-68-43(69)27-28-44(68)70)66(15)51(74)46(56(6,7)8)64-50(73)47(58(12,13)39-31-65(14)41-22-18-17-20-38(39)41)67(16)55(78)79-32-36-23-25-37(26-24-36)61-48(71)40(21-19-29-60-53(59)76)62-49(72)45(34(3)4)63-54(77)80-57(9,10)11/h17-18,20,22-26,30-31,33-34,40,42,45-47H,19,21,27-29,32H2,1-16H3,(H,61,71)(H,62,72)(H,63,77)(H,64,73)(H3,59,60,76)/b35-30+/t40-,42+,45?,46+,47+/m0/s1. The largest absolute Gasteiger partial charge is 0.445 e. The fourth-order valence-electron chi connectivity index (χ4n) is 9.38. The number of primary amides is 1. The molecule has 2 heterocycles. The van der Waals surface area contributed by atoms with Crippen LogP contribution in [0.15, 0.2) is 66.4 Å². The maximum absolute atomic E-state index is 15.2. The van der Waals surface area contributed by atoms with Crippen molar-refractivity contribution in [2.45, 2.75) is 164 Å². The maximum Gasteiger partial charge on any atom is 0.410 e. The maximum atomic E-state index is 15.2. The van der Waals surface area contributed by atoms with E-state index in [1.165, 1.54) is 29.8 Å². The Morgan fingerprint density at radius 1 is 0.778 bits per heavy atom. The van der Waals surface area contributed by atoms with Crippen LogP contribution >= 0.6 is 0 Å². The van der Waals surface area contributed by atoms with Gasteiger partial charge in [-0.2, -0.15) is 0 Å². The molecule has 1 saturated heterocycles. The van der Waals surface area contributed by atoms with Gasteiger partial charge in [0.15, 0.2) is 0 Å². The minimum Gasteiger partial charge on any atom is -0.445 e. The number of amides is 10. The lowest BCUT2D eigenvalue weighted by molar-refractivity contribution is -0.194. The number of aromatic nitrogens is 1. The summed E-state index contributed by atoms with van der Waals surface area (Å²) in [6.45, 7) is 22.5. The minimum absolute atomic E-state index is 0.0421. The molecule has 23 nitrogen and oxygen atoms in total. The zero-order valence-electron chi connectivity index (χ0n) is 49.7. The number of carbonyl (C=O) groups excluding carboxylic acids is 10. The highest BCUT2D eigenvalue weighted by molar-refractivity contribution is 6.03. The Labute approximate surface area is 474 Å². The van der Waals surface area contributed by atoms with Gasteiger partial charge in [0.25, 0.3) is 11.8 Å². The highest BCUT2D eigenvalue weighted by atomic mass is 16.7. The third-order valence-corrected chi connectivity index (χ3v) is 13.8. The van der Waals surface area contributed by atoms with Gasteiger partial charge in [-0.25, -0.2) is 19.2 Å². The second-order valence-electron chi connectivity index (χ2n) is 23.8. The van der Waals surface area contributed by atoms with E-state index in [1.807, 2.05) is 69.8 Å². The first kappa shape index (κ1) is 65.5. The molecule has 23 heteroatoms. The fourth-order valence-corrected chi connectivity index (χ4v) is 9.38. The summed E-state index contributed by atoms with van der Waals surface area (Å²) >= 11 is 0. The summed E-state index contributed by atoms with van der Waals surface area (Å²) in [5, 5.41) is 14.9. The lowest BCUT2D eigenvalue weighted by Crippen LogP contribution is -2.63. The number of imide groups is 1. The van der Waals surface area contributed by atoms with E-state index in [1.54, 1.807) is 86.7 Å². The summed E-state index contributed by atoms with van der Waals surface area (Å²) in [7, 11) is 4.87. The predicted octanol–water partition coefficient (Wildman–Crippen LogP) is 6.08. The fraction of sp³-hybridized carbons (Fsp3) is 0.552. The topological polar surface area (TPSA) is 299 Å². The van der Waals surface area contributed by atoms with Gasteiger partial charge >= 0.3 is 24.2 Å². The quantitative estimate of drug-likeness (QED) is 0.0357. The number of benzene rings is 2. The van der Waals surface area contributed by atoms with Gasteiger partial charge in [0.1, 0.15) is 36.4 Å². The van der Waals surface area contributed by atoms with E-state index in [0.717, 1.165) is 16.5 Å². The van der Waals surface area contributed by atoms with Crippen LogP contribution in [0, 0.1) is 17.3 Å². The molecule has 444 valence electrons. The van der Waals surface area contributed by atoms with Crippen molar-refractivity contribution in [1.82, 2.24) is 40.7 Å². The molecule has 1 unspecified atom stereocenters. The van der Waals surface area contributed by atoms with Crippen molar-refractivity contribution in [3.8, 4) is 0 Å². The van der Waals surface area contributed by atoms with Gasteiger partial charge in [0, 0.05) is 74.3 Å². The molecule has 2 aromatic carbocycles. The van der Waals surface area contributed by atoms with Gasteiger partial charge in [-0.15, -0.1) is 5.06 Å². The van der Waals surface area contributed by atoms with Crippen molar-refractivity contribution in [3.05, 3.63) is 77.5 Å². The number of hydrogen-bond acceptors (Lipinski definition) is 13. The summed E-state index contributed by atoms with van der Waals surface area (Å²) in [4.78, 5) is 141. The molecule has 1 aromatic heterocycles. The molecular formula is C58H84N10O13. The van der Waals surface area contributed by atoms with Crippen LogP contribution in [0.4, 0.5) is 20.1 Å². The number of rotatable bonds is 23. The number of aryl methyl sites for hydroxylation is 1. The number of ether oxygens (including phenoxy) is 2. The lowest BCUT2D eigenvalue weighted by atomic mass is 9.76. The molecule has 0 radical (unpaired) electrons. The summed E-state index contributed by atoms with van der Waals surface area (Å²) in [5.74, 6) is -5.27. The first-order chi connectivity index (χ1) is 37.5. The SMILES string of the molecule is C/C(=C\[C@H](C(C)C)N(C)C(=O)[C@@H](NC(=O)[C@@H](N(C)C(=O)OCc1ccc(NC(=O)[C@H](CCCNC(N)=O)NC(=O)C(NC(=O)OC(C)(C)C)C(C)C)cc1)C(C)(C)c1cn(C)c2ccccc12)C(C)(C)C)C(=O)ON1C(=O)CCC1=O. The highest BCUT2D eigenvalue weighted by Gasteiger charge is 2.47. The molecule has 0 bridgehead atoms. The van der Waals surface area contributed by atoms with Gasteiger partial charge in [0.2, 0.25) is 23.6 Å². The molecule has 1 aliphatic rings. The molecule has 0 saturated carbocycles.